The molecule has 0 bridgehead atoms. The molecule has 1 aromatic carbocycles. The van der Waals surface area contributed by atoms with Gasteiger partial charge >= 0.3 is 0 Å². The molecule has 1 amide bonds. The SMILES string of the molecule is CN=C(NCCc1cccc(C(=O)N(C)C)c1)NCC(C(C)C)N1CCCC1. The summed E-state index contributed by atoms with van der Waals surface area (Å²) in [5, 5.41) is 6.89. The molecule has 2 rings (SSSR count). The Morgan fingerprint density at radius 1 is 1.21 bits per heavy atom. The van der Waals surface area contributed by atoms with Crippen molar-refractivity contribution in [2.45, 2.75) is 39.2 Å². The van der Waals surface area contributed by atoms with Crippen LogP contribution in [-0.2, 0) is 6.42 Å². The Kier molecular flexibility index (Phi) is 8.77. The van der Waals surface area contributed by atoms with E-state index in [1.807, 2.05) is 25.2 Å². The number of aliphatic imine (C=N–C) groups is 1. The number of carbonyl (C=O) groups excluding carboxylic acids is 1. The van der Waals surface area contributed by atoms with Gasteiger partial charge < -0.3 is 15.5 Å². The first-order valence-corrected chi connectivity index (χ1v) is 10.4. The molecule has 1 atom stereocenters. The van der Waals surface area contributed by atoms with E-state index in [4.69, 9.17) is 0 Å². The first-order chi connectivity index (χ1) is 13.4. The van der Waals surface area contributed by atoms with Crippen molar-refractivity contribution >= 4 is 11.9 Å². The number of amides is 1. The fraction of sp³-hybridized carbons (Fsp3) is 0.636. The Hall–Kier alpha value is -2.08. The van der Waals surface area contributed by atoms with E-state index in [0.717, 1.165) is 36.6 Å². The van der Waals surface area contributed by atoms with Crippen molar-refractivity contribution in [3.05, 3.63) is 35.4 Å². The van der Waals surface area contributed by atoms with Gasteiger partial charge in [-0.05, 0) is 56.0 Å². The summed E-state index contributed by atoms with van der Waals surface area (Å²) >= 11 is 0. The molecule has 0 radical (unpaired) electrons. The average molecular weight is 388 g/mol. The lowest BCUT2D eigenvalue weighted by Crippen LogP contribution is -2.48. The maximum Gasteiger partial charge on any atom is 0.253 e. The number of hydrogen-bond acceptors (Lipinski definition) is 3. The van der Waals surface area contributed by atoms with Gasteiger partial charge in [0.1, 0.15) is 0 Å². The highest BCUT2D eigenvalue weighted by molar-refractivity contribution is 5.94. The number of carbonyl (C=O) groups is 1. The minimum Gasteiger partial charge on any atom is -0.356 e. The zero-order chi connectivity index (χ0) is 20.5. The Balaban J connectivity index is 1.82. The number of hydrogen-bond donors (Lipinski definition) is 2. The summed E-state index contributed by atoms with van der Waals surface area (Å²) in [4.78, 5) is 20.7. The molecule has 0 saturated carbocycles. The minimum atomic E-state index is 0.0360. The Morgan fingerprint density at radius 3 is 2.54 bits per heavy atom. The summed E-state index contributed by atoms with van der Waals surface area (Å²) in [5.41, 5.74) is 1.88. The number of benzene rings is 1. The van der Waals surface area contributed by atoms with Gasteiger partial charge in [-0.15, -0.1) is 0 Å². The Bertz CT molecular complexity index is 650. The van der Waals surface area contributed by atoms with Gasteiger partial charge in [0.2, 0.25) is 0 Å². The van der Waals surface area contributed by atoms with E-state index in [9.17, 15) is 4.79 Å². The number of likely N-dealkylation sites (tertiary alicyclic amines) is 1. The van der Waals surface area contributed by atoms with Gasteiger partial charge in [0.25, 0.3) is 5.91 Å². The molecule has 1 fully saturated rings. The van der Waals surface area contributed by atoms with Crippen molar-refractivity contribution in [2.24, 2.45) is 10.9 Å². The van der Waals surface area contributed by atoms with Crippen LogP contribution in [0.25, 0.3) is 0 Å². The summed E-state index contributed by atoms with van der Waals surface area (Å²) in [6.45, 7) is 8.68. The molecule has 0 spiro atoms. The molecule has 6 nitrogen and oxygen atoms in total. The summed E-state index contributed by atoms with van der Waals surface area (Å²) in [6, 6.07) is 8.39. The van der Waals surface area contributed by atoms with Gasteiger partial charge in [-0.25, -0.2) is 0 Å². The van der Waals surface area contributed by atoms with E-state index in [1.54, 1.807) is 19.0 Å². The van der Waals surface area contributed by atoms with Crippen LogP contribution < -0.4 is 10.6 Å². The maximum atomic E-state index is 12.1. The van der Waals surface area contributed by atoms with Crippen LogP contribution in [-0.4, -0.2) is 75.0 Å². The average Bonchev–Trinajstić information content (AvgIpc) is 3.20. The molecule has 6 heteroatoms. The normalized spacial score (nSPS) is 16.3. The predicted octanol–water partition coefficient (Wildman–Crippen LogP) is 2.22. The van der Waals surface area contributed by atoms with E-state index in [0.29, 0.717) is 12.0 Å². The van der Waals surface area contributed by atoms with Gasteiger partial charge in [-0.1, -0.05) is 26.0 Å². The van der Waals surface area contributed by atoms with E-state index in [2.05, 4.69) is 40.4 Å². The zero-order valence-corrected chi connectivity index (χ0v) is 18.2. The van der Waals surface area contributed by atoms with Crippen molar-refractivity contribution < 1.29 is 4.79 Å². The van der Waals surface area contributed by atoms with Crippen molar-refractivity contribution in [3.63, 3.8) is 0 Å². The van der Waals surface area contributed by atoms with Crippen LogP contribution in [0.5, 0.6) is 0 Å². The standard InChI is InChI=1S/C22H37N5O/c1-17(2)20(27-13-6-7-14-27)16-25-22(23-3)24-12-11-18-9-8-10-19(15-18)21(28)26(4)5/h8-10,15,17,20H,6-7,11-14,16H2,1-5H3,(H2,23,24,25). The molecule has 2 N–H and O–H groups in total. The summed E-state index contributed by atoms with van der Waals surface area (Å²) in [5.74, 6) is 1.49. The van der Waals surface area contributed by atoms with Crippen LogP contribution in [0.1, 0.15) is 42.6 Å². The molecule has 1 heterocycles. The topological polar surface area (TPSA) is 60.0 Å². The van der Waals surface area contributed by atoms with E-state index < -0.39 is 0 Å². The molecule has 1 saturated heterocycles. The molecule has 1 aliphatic heterocycles. The van der Waals surface area contributed by atoms with Crippen molar-refractivity contribution in [2.75, 3.05) is 47.3 Å². The fourth-order valence-electron chi connectivity index (χ4n) is 3.72. The number of nitrogens with zero attached hydrogens (tertiary/aromatic N) is 3. The number of guanidine groups is 1. The van der Waals surface area contributed by atoms with Crippen LogP contribution >= 0.6 is 0 Å². The zero-order valence-electron chi connectivity index (χ0n) is 18.2. The third kappa shape index (κ3) is 6.51. The number of nitrogens with one attached hydrogen (secondary N) is 2. The lowest BCUT2D eigenvalue weighted by molar-refractivity contribution is 0.0827. The van der Waals surface area contributed by atoms with Gasteiger partial charge in [-0.2, -0.15) is 0 Å². The molecule has 156 valence electrons. The third-order valence-corrected chi connectivity index (χ3v) is 5.37. The first kappa shape index (κ1) is 22.2. The quantitative estimate of drug-likeness (QED) is 0.530. The molecule has 0 aromatic heterocycles. The van der Waals surface area contributed by atoms with Crippen molar-refractivity contribution in [3.8, 4) is 0 Å². The molecule has 1 aromatic rings. The van der Waals surface area contributed by atoms with Crippen LogP contribution in [0.4, 0.5) is 0 Å². The third-order valence-electron chi connectivity index (χ3n) is 5.37. The van der Waals surface area contributed by atoms with Gasteiger partial charge in [0, 0.05) is 45.8 Å². The Labute approximate surface area is 170 Å². The van der Waals surface area contributed by atoms with Crippen molar-refractivity contribution in [1.29, 1.82) is 0 Å². The molecular formula is C22H37N5O. The summed E-state index contributed by atoms with van der Waals surface area (Å²) in [7, 11) is 5.36. The number of rotatable bonds is 8. The molecule has 28 heavy (non-hydrogen) atoms. The lowest BCUT2D eigenvalue weighted by atomic mass is 10.0. The van der Waals surface area contributed by atoms with Crippen LogP contribution in [0.3, 0.4) is 0 Å². The Morgan fingerprint density at radius 2 is 1.93 bits per heavy atom. The predicted molar refractivity (Wildman–Crippen MR) is 117 cm³/mol. The molecular weight excluding hydrogens is 350 g/mol. The second-order valence-corrected chi connectivity index (χ2v) is 8.08. The monoisotopic (exact) mass is 387 g/mol. The molecule has 1 aliphatic rings. The highest BCUT2D eigenvalue weighted by Gasteiger charge is 2.24. The fourth-order valence-corrected chi connectivity index (χ4v) is 3.72. The first-order valence-electron chi connectivity index (χ1n) is 10.4. The van der Waals surface area contributed by atoms with Crippen LogP contribution in [0, 0.1) is 5.92 Å². The molecule has 1 unspecified atom stereocenters. The minimum absolute atomic E-state index is 0.0360. The van der Waals surface area contributed by atoms with E-state index in [1.165, 1.54) is 25.9 Å². The second-order valence-electron chi connectivity index (χ2n) is 8.08. The maximum absolute atomic E-state index is 12.1. The van der Waals surface area contributed by atoms with Gasteiger partial charge in [0.05, 0.1) is 0 Å². The largest absolute Gasteiger partial charge is 0.356 e. The highest BCUT2D eigenvalue weighted by atomic mass is 16.2. The van der Waals surface area contributed by atoms with Crippen molar-refractivity contribution in [1.82, 2.24) is 20.4 Å². The lowest BCUT2D eigenvalue weighted by Gasteiger charge is -2.31. The highest BCUT2D eigenvalue weighted by Crippen LogP contribution is 2.17. The summed E-state index contributed by atoms with van der Waals surface area (Å²) in [6.07, 6.45) is 3.46. The molecule has 0 aliphatic carbocycles. The van der Waals surface area contributed by atoms with Gasteiger partial charge in [0.15, 0.2) is 5.96 Å². The van der Waals surface area contributed by atoms with Gasteiger partial charge in [-0.3, -0.25) is 14.7 Å². The smallest absolute Gasteiger partial charge is 0.253 e. The summed E-state index contributed by atoms with van der Waals surface area (Å²) < 4.78 is 0. The van der Waals surface area contributed by atoms with Crippen LogP contribution in [0.2, 0.25) is 0 Å². The van der Waals surface area contributed by atoms with E-state index in [-0.39, 0.29) is 5.91 Å². The second kappa shape index (κ2) is 11.1. The van der Waals surface area contributed by atoms with Crippen LogP contribution in [0.15, 0.2) is 29.3 Å². The van der Waals surface area contributed by atoms with E-state index >= 15 is 0 Å².